The number of carboxylic acid groups (broad SMARTS) is 1. The Kier molecular flexibility index (Phi) is 3.96. The lowest BCUT2D eigenvalue weighted by Crippen LogP contribution is -2.38. The number of benzene rings is 2. The van der Waals surface area contributed by atoms with E-state index in [2.05, 4.69) is 9.83 Å². The standard InChI is InChI=1S/C18H14N2O3S/c1-18(2,17(21)22)23-15-13(8-9-14-16(15)24-10-20-14)11-4-6-12(19-3)7-5-11/h4-10H,1-2H3,(H,21,22). The number of carbonyl (C=O) groups is 1. The zero-order valence-electron chi connectivity index (χ0n) is 13.1. The van der Waals surface area contributed by atoms with E-state index in [1.54, 1.807) is 17.6 Å². The zero-order valence-corrected chi connectivity index (χ0v) is 13.9. The molecule has 1 heterocycles. The van der Waals surface area contributed by atoms with Crippen molar-refractivity contribution >= 4 is 33.2 Å². The Bertz CT molecular complexity index is 953. The minimum absolute atomic E-state index is 0.498. The molecule has 0 aliphatic carbocycles. The first-order valence-corrected chi connectivity index (χ1v) is 8.07. The summed E-state index contributed by atoms with van der Waals surface area (Å²) in [6.07, 6.45) is 0. The number of carboxylic acids is 1. The molecule has 0 saturated carbocycles. The van der Waals surface area contributed by atoms with Crippen molar-refractivity contribution in [3.05, 3.63) is 53.3 Å². The summed E-state index contributed by atoms with van der Waals surface area (Å²) in [4.78, 5) is 19.1. The lowest BCUT2D eigenvalue weighted by molar-refractivity contribution is -0.152. The van der Waals surface area contributed by atoms with E-state index in [1.807, 2.05) is 24.3 Å². The highest BCUT2D eigenvalue weighted by atomic mass is 32.1. The van der Waals surface area contributed by atoms with Gasteiger partial charge in [-0.2, -0.15) is 0 Å². The quantitative estimate of drug-likeness (QED) is 0.697. The largest absolute Gasteiger partial charge is 0.478 e. The molecule has 0 spiro atoms. The molecule has 3 aromatic rings. The summed E-state index contributed by atoms with van der Waals surface area (Å²) in [6, 6.07) is 10.9. The second kappa shape index (κ2) is 5.95. The minimum Gasteiger partial charge on any atom is -0.478 e. The molecule has 0 amide bonds. The van der Waals surface area contributed by atoms with Crippen LogP contribution >= 0.6 is 11.3 Å². The summed E-state index contributed by atoms with van der Waals surface area (Å²) < 4.78 is 6.69. The molecule has 3 rings (SSSR count). The van der Waals surface area contributed by atoms with Crippen molar-refractivity contribution < 1.29 is 14.6 Å². The summed E-state index contributed by atoms with van der Waals surface area (Å²) in [5.74, 6) is -0.545. The number of rotatable bonds is 4. The van der Waals surface area contributed by atoms with Crippen LogP contribution in [-0.4, -0.2) is 21.7 Å². The first-order valence-electron chi connectivity index (χ1n) is 7.19. The number of fused-ring (bicyclic) bond motifs is 1. The van der Waals surface area contributed by atoms with Crippen LogP contribution in [0.5, 0.6) is 5.75 Å². The van der Waals surface area contributed by atoms with Gasteiger partial charge in [0.05, 0.1) is 22.3 Å². The molecule has 5 nitrogen and oxygen atoms in total. The van der Waals surface area contributed by atoms with Gasteiger partial charge in [-0.3, -0.25) is 0 Å². The fourth-order valence-corrected chi connectivity index (χ4v) is 3.02. The smallest absolute Gasteiger partial charge is 0.347 e. The minimum atomic E-state index is -1.37. The number of hydrogen-bond acceptors (Lipinski definition) is 4. The Labute approximate surface area is 143 Å². The second-order valence-corrected chi connectivity index (χ2v) is 6.57. The van der Waals surface area contributed by atoms with Gasteiger partial charge in [0.2, 0.25) is 0 Å². The maximum absolute atomic E-state index is 11.5. The number of ether oxygens (including phenoxy) is 1. The summed E-state index contributed by atoms with van der Waals surface area (Å²) >= 11 is 1.41. The molecular weight excluding hydrogens is 324 g/mol. The molecule has 2 aromatic carbocycles. The van der Waals surface area contributed by atoms with Gasteiger partial charge in [-0.15, -0.1) is 11.3 Å². The van der Waals surface area contributed by atoms with E-state index in [4.69, 9.17) is 11.3 Å². The predicted molar refractivity (Wildman–Crippen MR) is 93.7 cm³/mol. The summed E-state index contributed by atoms with van der Waals surface area (Å²) in [5.41, 5.74) is 3.27. The molecule has 0 atom stereocenters. The average molecular weight is 338 g/mol. The van der Waals surface area contributed by atoms with Crippen LogP contribution in [0.3, 0.4) is 0 Å². The van der Waals surface area contributed by atoms with Gasteiger partial charge in [-0.1, -0.05) is 24.3 Å². The van der Waals surface area contributed by atoms with E-state index >= 15 is 0 Å². The van der Waals surface area contributed by atoms with E-state index in [0.717, 1.165) is 21.3 Å². The van der Waals surface area contributed by atoms with E-state index in [1.165, 1.54) is 25.2 Å². The third-order valence-electron chi connectivity index (χ3n) is 3.63. The fraction of sp³-hybridized carbons (Fsp3) is 0.167. The van der Waals surface area contributed by atoms with Crippen molar-refractivity contribution in [2.24, 2.45) is 0 Å². The molecular formula is C18H14N2O3S. The van der Waals surface area contributed by atoms with Crippen LogP contribution in [0.2, 0.25) is 0 Å². The Hall–Kier alpha value is -2.91. The van der Waals surface area contributed by atoms with Gasteiger partial charge in [0.25, 0.3) is 0 Å². The maximum atomic E-state index is 11.5. The monoisotopic (exact) mass is 338 g/mol. The van der Waals surface area contributed by atoms with Gasteiger partial charge < -0.3 is 9.84 Å². The summed E-state index contributed by atoms with van der Waals surface area (Å²) in [7, 11) is 0. The highest BCUT2D eigenvalue weighted by molar-refractivity contribution is 7.17. The number of thiazole rings is 1. The molecule has 0 aliphatic rings. The van der Waals surface area contributed by atoms with E-state index in [0.29, 0.717) is 11.4 Å². The van der Waals surface area contributed by atoms with Gasteiger partial charge in [-0.25, -0.2) is 14.6 Å². The molecule has 0 aliphatic heterocycles. The lowest BCUT2D eigenvalue weighted by Gasteiger charge is -2.24. The van der Waals surface area contributed by atoms with Gasteiger partial charge in [0.15, 0.2) is 11.3 Å². The third-order valence-corrected chi connectivity index (χ3v) is 4.47. The SMILES string of the molecule is [C-]#[N+]c1ccc(-c2ccc3ncsc3c2OC(C)(C)C(=O)O)cc1. The number of hydrogen-bond donors (Lipinski definition) is 1. The highest BCUT2D eigenvalue weighted by Crippen LogP contribution is 2.40. The Morgan fingerprint density at radius 3 is 2.58 bits per heavy atom. The van der Waals surface area contributed by atoms with Crippen LogP contribution in [0, 0.1) is 6.57 Å². The van der Waals surface area contributed by atoms with Crippen LogP contribution in [0.15, 0.2) is 41.9 Å². The molecule has 6 heteroatoms. The van der Waals surface area contributed by atoms with E-state index < -0.39 is 11.6 Å². The van der Waals surface area contributed by atoms with E-state index in [-0.39, 0.29) is 0 Å². The number of aromatic nitrogens is 1. The van der Waals surface area contributed by atoms with Gasteiger partial charge in [-0.05, 0) is 31.5 Å². The second-order valence-electron chi connectivity index (χ2n) is 5.72. The first-order chi connectivity index (χ1) is 11.4. The molecule has 1 N–H and O–H groups in total. The first kappa shape index (κ1) is 16.0. The van der Waals surface area contributed by atoms with Gasteiger partial charge in [0, 0.05) is 5.56 Å². The molecule has 0 radical (unpaired) electrons. The van der Waals surface area contributed by atoms with Crippen LogP contribution in [-0.2, 0) is 4.79 Å². The van der Waals surface area contributed by atoms with Crippen molar-refractivity contribution in [1.82, 2.24) is 4.98 Å². The van der Waals surface area contributed by atoms with Crippen molar-refractivity contribution in [3.63, 3.8) is 0 Å². The molecule has 1 aromatic heterocycles. The summed E-state index contributed by atoms with van der Waals surface area (Å²) in [5, 5.41) is 9.38. The molecule has 0 unspecified atom stereocenters. The van der Waals surface area contributed by atoms with Crippen LogP contribution in [0.25, 0.3) is 26.2 Å². The van der Waals surface area contributed by atoms with Crippen molar-refractivity contribution in [2.45, 2.75) is 19.4 Å². The highest BCUT2D eigenvalue weighted by Gasteiger charge is 2.31. The van der Waals surface area contributed by atoms with Crippen LogP contribution < -0.4 is 4.74 Å². The molecule has 0 fully saturated rings. The Balaban J connectivity index is 2.18. The predicted octanol–water partition coefficient (Wildman–Crippen LogP) is 4.76. The van der Waals surface area contributed by atoms with Crippen LogP contribution in [0.4, 0.5) is 5.69 Å². The van der Waals surface area contributed by atoms with Crippen molar-refractivity contribution in [3.8, 4) is 16.9 Å². The Morgan fingerprint density at radius 1 is 1.25 bits per heavy atom. The van der Waals surface area contributed by atoms with Crippen molar-refractivity contribution in [2.75, 3.05) is 0 Å². The third kappa shape index (κ3) is 2.82. The number of aliphatic carboxylic acids is 1. The van der Waals surface area contributed by atoms with E-state index in [9.17, 15) is 9.90 Å². The molecule has 24 heavy (non-hydrogen) atoms. The molecule has 0 bridgehead atoms. The normalized spacial score (nSPS) is 11.2. The zero-order chi connectivity index (χ0) is 17.3. The Morgan fingerprint density at radius 2 is 1.96 bits per heavy atom. The number of nitrogens with zero attached hydrogens (tertiary/aromatic N) is 2. The molecule has 120 valence electrons. The average Bonchev–Trinajstić information content (AvgIpc) is 3.04. The maximum Gasteiger partial charge on any atom is 0.347 e. The van der Waals surface area contributed by atoms with Gasteiger partial charge >= 0.3 is 5.97 Å². The van der Waals surface area contributed by atoms with Gasteiger partial charge in [0.1, 0.15) is 5.75 Å². The topological polar surface area (TPSA) is 63.8 Å². The van der Waals surface area contributed by atoms with Crippen molar-refractivity contribution in [1.29, 1.82) is 0 Å². The molecule has 0 saturated heterocycles. The fourth-order valence-electron chi connectivity index (χ4n) is 2.25. The lowest BCUT2D eigenvalue weighted by atomic mass is 10.0. The summed E-state index contributed by atoms with van der Waals surface area (Å²) in [6.45, 7) is 10.1. The van der Waals surface area contributed by atoms with Crippen LogP contribution in [0.1, 0.15) is 13.8 Å².